The first-order chi connectivity index (χ1) is 8.61. The molecule has 0 fully saturated rings. The Kier molecular flexibility index (Phi) is 4.54. The normalized spacial score (nSPS) is 12.7. The summed E-state index contributed by atoms with van der Waals surface area (Å²) in [4.78, 5) is 5.83. The molecule has 0 radical (unpaired) electrons. The number of nitrogens with zero attached hydrogens (tertiary/aromatic N) is 1. The lowest BCUT2D eigenvalue weighted by Gasteiger charge is -2.08. The van der Waals surface area contributed by atoms with E-state index in [1.165, 1.54) is 16.0 Å². The second-order valence-corrected chi connectivity index (χ2v) is 6.28. The van der Waals surface area contributed by atoms with Crippen LogP contribution in [-0.2, 0) is 0 Å². The predicted molar refractivity (Wildman–Crippen MR) is 82.1 cm³/mol. The summed E-state index contributed by atoms with van der Waals surface area (Å²) in [5, 5.41) is 4.51. The molecule has 1 N–H and O–H groups in total. The molecule has 0 aliphatic heterocycles. The monoisotopic (exact) mass is 324 g/mol. The van der Waals surface area contributed by atoms with Crippen molar-refractivity contribution < 1.29 is 0 Å². The van der Waals surface area contributed by atoms with Crippen molar-refractivity contribution in [2.45, 2.75) is 26.8 Å². The van der Waals surface area contributed by atoms with E-state index in [1.54, 1.807) is 11.3 Å². The minimum atomic E-state index is 0.372. The Balaban J connectivity index is 2.29. The van der Waals surface area contributed by atoms with E-state index >= 15 is 0 Å². The summed E-state index contributed by atoms with van der Waals surface area (Å²) in [5.74, 6) is 0. The van der Waals surface area contributed by atoms with Gasteiger partial charge >= 0.3 is 0 Å². The van der Waals surface area contributed by atoms with E-state index < -0.39 is 0 Å². The molecule has 0 aliphatic carbocycles. The Hall–Kier alpha value is -0.710. The van der Waals surface area contributed by atoms with Crippen LogP contribution in [-0.4, -0.2) is 11.5 Å². The van der Waals surface area contributed by atoms with Crippen LogP contribution in [0.1, 0.15) is 30.3 Å². The van der Waals surface area contributed by atoms with Crippen molar-refractivity contribution in [3.63, 3.8) is 0 Å². The number of aromatic nitrogens is 1. The van der Waals surface area contributed by atoms with Gasteiger partial charge in [-0.05, 0) is 38.1 Å². The van der Waals surface area contributed by atoms with Gasteiger partial charge in [-0.3, -0.25) is 0 Å². The van der Waals surface area contributed by atoms with Crippen LogP contribution in [0, 0.1) is 6.92 Å². The van der Waals surface area contributed by atoms with Gasteiger partial charge in [-0.25, -0.2) is 4.98 Å². The second kappa shape index (κ2) is 5.95. The van der Waals surface area contributed by atoms with Gasteiger partial charge in [0.1, 0.15) is 5.01 Å². The molecule has 2 aromatic rings. The molecule has 0 amide bonds. The maximum absolute atomic E-state index is 4.54. The summed E-state index contributed by atoms with van der Waals surface area (Å²) in [5.41, 5.74) is 2.47. The minimum Gasteiger partial charge on any atom is -0.310 e. The maximum Gasteiger partial charge on any atom is 0.123 e. The van der Waals surface area contributed by atoms with Crippen molar-refractivity contribution in [1.82, 2.24) is 10.3 Å². The second-order valence-electron chi connectivity index (χ2n) is 4.31. The molecule has 0 bridgehead atoms. The van der Waals surface area contributed by atoms with E-state index in [4.69, 9.17) is 0 Å². The average molecular weight is 325 g/mol. The van der Waals surface area contributed by atoms with E-state index in [0.29, 0.717) is 6.04 Å². The first-order valence-electron chi connectivity index (χ1n) is 6.07. The summed E-state index contributed by atoms with van der Waals surface area (Å²) in [6.07, 6.45) is 1.98. The molecule has 1 aromatic carbocycles. The van der Waals surface area contributed by atoms with Crippen LogP contribution < -0.4 is 5.32 Å². The standard InChI is InChI=1S/C14H17BrN2S/c1-4-16-10(3)13-8-17-14(18-13)12-6-5-11(15)7-9(12)2/h5-8,10,16H,4H2,1-3H3. The van der Waals surface area contributed by atoms with Gasteiger partial charge in [0.2, 0.25) is 0 Å². The maximum atomic E-state index is 4.54. The Morgan fingerprint density at radius 1 is 1.44 bits per heavy atom. The third-order valence-corrected chi connectivity index (χ3v) is 4.59. The Morgan fingerprint density at radius 2 is 2.22 bits per heavy atom. The number of thiazole rings is 1. The predicted octanol–water partition coefficient (Wildman–Crippen LogP) is 4.55. The van der Waals surface area contributed by atoms with Crippen molar-refractivity contribution in [1.29, 1.82) is 0 Å². The molecule has 1 atom stereocenters. The molecule has 96 valence electrons. The molecule has 0 saturated heterocycles. The lowest BCUT2D eigenvalue weighted by Crippen LogP contribution is -2.16. The SMILES string of the molecule is CCNC(C)c1cnc(-c2ccc(Br)cc2C)s1. The number of nitrogens with one attached hydrogen (secondary N) is 1. The summed E-state index contributed by atoms with van der Waals surface area (Å²) < 4.78 is 1.11. The van der Waals surface area contributed by atoms with E-state index in [1.807, 2.05) is 6.20 Å². The fraction of sp³-hybridized carbons (Fsp3) is 0.357. The fourth-order valence-electron chi connectivity index (χ4n) is 1.89. The number of hydrogen-bond donors (Lipinski definition) is 1. The van der Waals surface area contributed by atoms with E-state index in [2.05, 4.69) is 65.2 Å². The molecular weight excluding hydrogens is 308 g/mol. The molecule has 0 aliphatic rings. The van der Waals surface area contributed by atoms with Crippen LogP contribution in [0.4, 0.5) is 0 Å². The number of aryl methyl sites for hydroxylation is 1. The average Bonchev–Trinajstić information content (AvgIpc) is 2.78. The van der Waals surface area contributed by atoms with E-state index in [9.17, 15) is 0 Å². The van der Waals surface area contributed by atoms with Crippen molar-refractivity contribution in [3.05, 3.63) is 39.3 Å². The van der Waals surface area contributed by atoms with Gasteiger partial charge in [-0.1, -0.05) is 28.9 Å². The molecular formula is C14H17BrN2S. The van der Waals surface area contributed by atoms with Crippen LogP contribution in [0.15, 0.2) is 28.9 Å². The number of benzene rings is 1. The highest BCUT2D eigenvalue weighted by Gasteiger charge is 2.11. The van der Waals surface area contributed by atoms with Gasteiger partial charge < -0.3 is 5.32 Å². The first kappa shape index (κ1) is 13.7. The van der Waals surface area contributed by atoms with Crippen molar-refractivity contribution in [2.75, 3.05) is 6.54 Å². The zero-order valence-electron chi connectivity index (χ0n) is 10.8. The summed E-state index contributed by atoms with van der Waals surface area (Å²) in [6, 6.07) is 6.69. The summed E-state index contributed by atoms with van der Waals surface area (Å²) in [6.45, 7) is 7.40. The van der Waals surface area contributed by atoms with Crippen LogP contribution >= 0.6 is 27.3 Å². The largest absolute Gasteiger partial charge is 0.310 e. The Bertz CT molecular complexity index is 536. The highest BCUT2D eigenvalue weighted by atomic mass is 79.9. The third kappa shape index (κ3) is 2.99. The van der Waals surface area contributed by atoms with Crippen molar-refractivity contribution >= 4 is 27.3 Å². The Morgan fingerprint density at radius 3 is 2.89 bits per heavy atom. The van der Waals surface area contributed by atoms with E-state index in [-0.39, 0.29) is 0 Å². The van der Waals surface area contributed by atoms with Crippen molar-refractivity contribution in [2.24, 2.45) is 0 Å². The molecule has 2 rings (SSSR count). The lowest BCUT2D eigenvalue weighted by atomic mass is 10.1. The van der Waals surface area contributed by atoms with Gasteiger partial charge in [0, 0.05) is 27.2 Å². The first-order valence-corrected chi connectivity index (χ1v) is 7.68. The molecule has 4 heteroatoms. The highest BCUT2D eigenvalue weighted by molar-refractivity contribution is 9.10. The van der Waals surface area contributed by atoms with Crippen LogP contribution in [0.2, 0.25) is 0 Å². The Labute approximate surface area is 121 Å². The van der Waals surface area contributed by atoms with Gasteiger partial charge in [0.05, 0.1) is 0 Å². The molecule has 2 nitrogen and oxygen atoms in total. The molecule has 0 spiro atoms. The summed E-state index contributed by atoms with van der Waals surface area (Å²) in [7, 11) is 0. The van der Waals surface area contributed by atoms with Crippen LogP contribution in [0.3, 0.4) is 0 Å². The van der Waals surface area contributed by atoms with Crippen molar-refractivity contribution in [3.8, 4) is 10.6 Å². The topological polar surface area (TPSA) is 24.9 Å². The van der Waals surface area contributed by atoms with E-state index in [0.717, 1.165) is 16.0 Å². The smallest absolute Gasteiger partial charge is 0.123 e. The molecule has 1 unspecified atom stereocenters. The third-order valence-electron chi connectivity index (χ3n) is 2.88. The highest BCUT2D eigenvalue weighted by Crippen LogP contribution is 2.31. The molecule has 0 saturated carbocycles. The zero-order valence-corrected chi connectivity index (χ0v) is 13.2. The van der Waals surface area contributed by atoms with Gasteiger partial charge in [-0.15, -0.1) is 11.3 Å². The molecule has 1 heterocycles. The minimum absolute atomic E-state index is 0.372. The molecule has 18 heavy (non-hydrogen) atoms. The van der Waals surface area contributed by atoms with Gasteiger partial charge in [0.15, 0.2) is 0 Å². The number of hydrogen-bond acceptors (Lipinski definition) is 3. The summed E-state index contributed by atoms with van der Waals surface area (Å²) >= 11 is 5.26. The van der Waals surface area contributed by atoms with Gasteiger partial charge in [0.25, 0.3) is 0 Å². The zero-order chi connectivity index (χ0) is 13.1. The number of halogens is 1. The molecule has 1 aromatic heterocycles. The van der Waals surface area contributed by atoms with Crippen LogP contribution in [0.5, 0.6) is 0 Å². The fourth-order valence-corrected chi connectivity index (χ4v) is 3.39. The quantitative estimate of drug-likeness (QED) is 0.892. The number of rotatable bonds is 4. The lowest BCUT2D eigenvalue weighted by molar-refractivity contribution is 0.606. The van der Waals surface area contributed by atoms with Crippen LogP contribution in [0.25, 0.3) is 10.6 Å². The van der Waals surface area contributed by atoms with Gasteiger partial charge in [-0.2, -0.15) is 0 Å².